The van der Waals surface area contributed by atoms with Crippen molar-refractivity contribution < 1.29 is 9.59 Å². The molecule has 0 aromatic carbocycles. The summed E-state index contributed by atoms with van der Waals surface area (Å²) in [7, 11) is 2.13. The molecule has 1 saturated heterocycles. The van der Waals surface area contributed by atoms with Crippen molar-refractivity contribution in [3.63, 3.8) is 0 Å². The van der Waals surface area contributed by atoms with Gasteiger partial charge in [-0.15, -0.1) is 0 Å². The topological polar surface area (TPSA) is 109 Å². The Kier molecular flexibility index (Phi) is 7.07. The zero-order valence-corrected chi connectivity index (χ0v) is 22.6. The van der Waals surface area contributed by atoms with Crippen molar-refractivity contribution in [1.82, 2.24) is 30.0 Å². The van der Waals surface area contributed by atoms with Crippen LogP contribution in [-0.2, 0) is 4.79 Å². The molecular weight excluding hydrogens is 480 g/mol. The van der Waals surface area contributed by atoms with Crippen LogP contribution in [0, 0.1) is 5.92 Å². The van der Waals surface area contributed by atoms with Gasteiger partial charge in [0.1, 0.15) is 5.82 Å². The van der Waals surface area contributed by atoms with Crippen LogP contribution in [0.15, 0.2) is 47.2 Å². The van der Waals surface area contributed by atoms with Gasteiger partial charge in [0.25, 0.3) is 11.8 Å². The van der Waals surface area contributed by atoms with E-state index in [1.54, 1.807) is 19.2 Å². The van der Waals surface area contributed by atoms with Crippen molar-refractivity contribution in [3.8, 4) is 11.3 Å². The van der Waals surface area contributed by atoms with E-state index in [1.165, 1.54) is 0 Å². The highest BCUT2D eigenvalue weighted by Crippen LogP contribution is 2.27. The zero-order valence-electron chi connectivity index (χ0n) is 22.6. The molecular formula is C28H34N8O2. The molecule has 3 aromatic rings. The molecule has 3 aromatic heterocycles. The maximum absolute atomic E-state index is 13.5. The van der Waals surface area contributed by atoms with E-state index >= 15 is 0 Å². The van der Waals surface area contributed by atoms with Gasteiger partial charge < -0.3 is 15.1 Å². The van der Waals surface area contributed by atoms with Gasteiger partial charge in [0.15, 0.2) is 5.65 Å². The predicted molar refractivity (Wildman–Crippen MR) is 149 cm³/mol. The van der Waals surface area contributed by atoms with Crippen LogP contribution < -0.4 is 10.2 Å². The number of hydrogen-bond acceptors (Lipinski definition) is 7. The molecule has 5 heterocycles. The Hall–Kier alpha value is -3.92. The van der Waals surface area contributed by atoms with E-state index in [1.807, 2.05) is 49.9 Å². The van der Waals surface area contributed by atoms with E-state index in [-0.39, 0.29) is 24.4 Å². The number of aromatic nitrogens is 4. The number of dihydropyridines is 1. The lowest BCUT2D eigenvalue weighted by Gasteiger charge is -2.33. The molecule has 5 rings (SSSR count). The molecule has 198 valence electrons. The Balaban J connectivity index is 1.44. The van der Waals surface area contributed by atoms with E-state index in [2.05, 4.69) is 32.3 Å². The second-order valence-corrected chi connectivity index (χ2v) is 10.4. The fourth-order valence-electron chi connectivity index (χ4n) is 4.94. The number of rotatable bonds is 6. The van der Waals surface area contributed by atoms with E-state index in [9.17, 15) is 9.59 Å². The van der Waals surface area contributed by atoms with Gasteiger partial charge in [-0.1, -0.05) is 5.57 Å². The molecule has 38 heavy (non-hydrogen) atoms. The number of anilines is 1. The molecule has 0 bridgehead atoms. The molecule has 1 N–H and O–H groups in total. The lowest BCUT2D eigenvalue weighted by molar-refractivity contribution is -0.120. The van der Waals surface area contributed by atoms with Crippen molar-refractivity contribution in [2.45, 2.75) is 33.7 Å². The molecule has 10 nitrogen and oxygen atoms in total. The van der Waals surface area contributed by atoms with Crippen molar-refractivity contribution >= 4 is 34.4 Å². The number of aliphatic imine (C=N–C) groups is 1. The summed E-state index contributed by atoms with van der Waals surface area (Å²) in [5, 5.41) is 8.12. The van der Waals surface area contributed by atoms with Gasteiger partial charge >= 0.3 is 0 Å². The van der Waals surface area contributed by atoms with Crippen LogP contribution in [0.1, 0.15) is 44.1 Å². The number of amides is 2. The fourth-order valence-corrected chi connectivity index (χ4v) is 4.94. The Bertz CT molecular complexity index is 1430. The second-order valence-electron chi connectivity index (χ2n) is 10.4. The number of allylic oxidation sites excluding steroid dienone is 1. The first-order chi connectivity index (χ1) is 18.2. The van der Waals surface area contributed by atoms with E-state index in [0.29, 0.717) is 28.0 Å². The third-order valence-electron chi connectivity index (χ3n) is 7.21. The molecule has 0 aliphatic carbocycles. The molecule has 0 spiro atoms. The Morgan fingerprint density at radius 2 is 1.89 bits per heavy atom. The summed E-state index contributed by atoms with van der Waals surface area (Å²) in [5.41, 5.74) is 4.14. The third-order valence-corrected chi connectivity index (χ3v) is 7.21. The molecule has 2 aliphatic rings. The number of carbonyl (C=O) groups excluding carboxylic acids is 2. The number of nitrogens with zero attached hydrogens (tertiary/aromatic N) is 7. The van der Waals surface area contributed by atoms with Gasteiger partial charge in [-0.25, -0.2) is 19.6 Å². The first kappa shape index (κ1) is 25.7. The molecule has 1 unspecified atom stereocenters. The highest BCUT2D eigenvalue weighted by Gasteiger charge is 2.25. The lowest BCUT2D eigenvalue weighted by Crippen LogP contribution is -2.44. The number of hydrogen-bond donors (Lipinski definition) is 1. The molecule has 1 fully saturated rings. The lowest BCUT2D eigenvalue weighted by atomic mass is 9.95. The summed E-state index contributed by atoms with van der Waals surface area (Å²) in [6.45, 7) is 11.8. The van der Waals surface area contributed by atoms with Gasteiger partial charge in [-0.3, -0.25) is 9.59 Å². The quantitative estimate of drug-likeness (QED) is 0.538. The maximum atomic E-state index is 13.5. The average molecular weight is 515 g/mol. The molecule has 2 aliphatic heterocycles. The van der Waals surface area contributed by atoms with Gasteiger partial charge in [0.05, 0.1) is 28.8 Å². The number of piperazine rings is 1. The largest absolute Gasteiger partial charge is 0.354 e. The third kappa shape index (κ3) is 5.08. The van der Waals surface area contributed by atoms with Crippen molar-refractivity contribution in [2.75, 3.05) is 44.7 Å². The zero-order chi connectivity index (χ0) is 27.0. The van der Waals surface area contributed by atoms with Crippen LogP contribution in [0.2, 0.25) is 0 Å². The first-order valence-corrected chi connectivity index (χ1v) is 13.0. The monoisotopic (exact) mass is 514 g/mol. The number of likely N-dealkylation sites (N-methyl/N-ethyl adjacent to an activating group) is 1. The fraction of sp³-hybridized carbons (Fsp3) is 0.429. The van der Waals surface area contributed by atoms with Gasteiger partial charge in [0.2, 0.25) is 0 Å². The standard InChI is InChI=1S/C28H34N8O2/c1-17(2)36-26-23(16-31-36)21(27(37)30-15-22-18(3)12-19(4)32-28(22)38)13-24(33-26)20-6-7-25(29-14-20)35-10-8-34(5)9-11-35/h6-7,12-14,16-17,22H,8-11,15H2,1-5H3,(H,30,37). The van der Waals surface area contributed by atoms with E-state index < -0.39 is 5.92 Å². The van der Waals surface area contributed by atoms with Gasteiger partial charge in [-0.2, -0.15) is 5.10 Å². The summed E-state index contributed by atoms with van der Waals surface area (Å²) in [6.07, 6.45) is 5.38. The molecule has 10 heteroatoms. The average Bonchev–Trinajstić information content (AvgIpc) is 3.32. The van der Waals surface area contributed by atoms with Crippen LogP contribution in [0.3, 0.4) is 0 Å². The molecule has 0 radical (unpaired) electrons. The minimum absolute atomic E-state index is 0.0673. The smallest absolute Gasteiger partial charge is 0.254 e. The minimum Gasteiger partial charge on any atom is -0.354 e. The van der Waals surface area contributed by atoms with Crippen molar-refractivity contribution in [1.29, 1.82) is 0 Å². The normalized spacial score (nSPS) is 18.6. The number of nitrogens with one attached hydrogen (secondary N) is 1. The highest BCUT2D eigenvalue weighted by molar-refractivity contribution is 6.08. The van der Waals surface area contributed by atoms with Crippen molar-refractivity contribution in [2.24, 2.45) is 10.9 Å². The van der Waals surface area contributed by atoms with E-state index in [4.69, 9.17) is 9.97 Å². The van der Waals surface area contributed by atoms with Crippen LogP contribution in [-0.4, -0.2) is 81.9 Å². The highest BCUT2D eigenvalue weighted by atomic mass is 16.2. The SMILES string of the molecule is CC1=CC(C)=NC(=O)C1CNC(=O)c1cc(-c2ccc(N3CCN(C)CC3)nc2)nc2c1cnn2C(C)C. The van der Waals surface area contributed by atoms with Crippen molar-refractivity contribution in [3.05, 3.63) is 47.8 Å². The summed E-state index contributed by atoms with van der Waals surface area (Å²) < 4.78 is 1.82. The van der Waals surface area contributed by atoms with E-state index in [0.717, 1.165) is 43.1 Å². The molecule has 2 amide bonds. The minimum atomic E-state index is -0.468. The van der Waals surface area contributed by atoms with Crippen LogP contribution in [0.25, 0.3) is 22.3 Å². The van der Waals surface area contributed by atoms with Crippen LogP contribution in [0.4, 0.5) is 5.82 Å². The molecule has 1 atom stereocenters. The maximum Gasteiger partial charge on any atom is 0.254 e. The molecule has 0 saturated carbocycles. The number of fused-ring (bicyclic) bond motifs is 1. The predicted octanol–water partition coefficient (Wildman–Crippen LogP) is 3.12. The van der Waals surface area contributed by atoms with Gasteiger partial charge in [-0.05, 0) is 59.0 Å². The summed E-state index contributed by atoms with van der Waals surface area (Å²) in [5.74, 6) is -0.0471. The number of carbonyl (C=O) groups is 2. The Labute approximate surface area is 222 Å². The van der Waals surface area contributed by atoms with Crippen LogP contribution >= 0.6 is 0 Å². The first-order valence-electron chi connectivity index (χ1n) is 13.0. The summed E-state index contributed by atoms with van der Waals surface area (Å²) >= 11 is 0. The Morgan fingerprint density at radius 1 is 1.13 bits per heavy atom. The Morgan fingerprint density at radius 3 is 2.55 bits per heavy atom. The van der Waals surface area contributed by atoms with Gasteiger partial charge in [0, 0.05) is 56.2 Å². The van der Waals surface area contributed by atoms with Crippen LogP contribution in [0.5, 0.6) is 0 Å². The summed E-state index contributed by atoms with van der Waals surface area (Å²) in [4.78, 5) is 44.1. The number of pyridine rings is 2. The summed E-state index contributed by atoms with van der Waals surface area (Å²) in [6, 6.07) is 5.86. The second kappa shape index (κ2) is 10.4.